The van der Waals surface area contributed by atoms with Crippen molar-refractivity contribution in [3.63, 3.8) is 0 Å². The lowest BCUT2D eigenvalue weighted by atomic mass is 10.0. The van der Waals surface area contributed by atoms with Crippen molar-refractivity contribution in [3.8, 4) is 11.5 Å². The lowest BCUT2D eigenvalue weighted by molar-refractivity contribution is 0.310. The first-order valence-electron chi connectivity index (χ1n) is 5.79. The third-order valence-electron chi connectivity index (χ3n) is 2.52. The molecule has 0 aliphatic carbocycles. The molecule has 0 saturated heterocycles. The highest BCUT2D eigenvalue weighted by molar-refractivity contribution is 5.85. The van der Waals surface area contributed by atoms with Gasteiger partial charge >= 0.3 is 0 Å². The number of ether oxygens (including phenoxy) is 2. The van der Waals surface area contributed by atoms with Gasteiger partial charge in [0, 0.05) is 6.04 Å². The predicted molar refractivity (Wildman–Crippen MR) is 73.2 cm³/mol. The van der Waals surface area contributed by atoms with Gasteiger partial charge in [-0.05, 0) is 31.0 Å². The summed E-state index contributed by atoms with van der Waals surface area (Å²) >= 11 is 0. The van der Waals surface area contributed by atoms with Crippen LogP contribution in [0.1, 0.15) is 38.3 Å². The molecule has 3 nitrogen and oxygen atoms in total. The van der Waals surface area contributed by atoms with Crippen molar-refractivity contribution in [2.45, 2.75) is 32.7 Å². The Balaban J connectivity index is 0.00000256. The number of hydrogen-bond acceptors (Lipinski definition) is 3. The standard InChI is InChI=1S/C13H21NO2.ClH/c1-4-6-11(14)10-7-8-12(16-5-2)13(9-10)15-3;/h7-9,11H,4-6,14H2,1-3H3;1H/t11-;/m1./s1. The van der Waals surface area contributed by atoms with E-state index in [-0.39, 0.29) is 18.4 Å². The van der Waals surface area contributed by atoms with Gasteiger partial charge in [0.1, 0.15) is 0 Å². The molecule has 0 unspecified atom stereocenters. The third kappa shape index (κ3) is 4.44. The van der Waals surface area contributed by atoms with E-state index in [9.17, 15) is 0 Å². The fourth-order valence-corrected chi connectivity index (χ4v) is 1.67. The number of nitrogens with two attached hydrogens (primary N) is 1. The third-order valence-corrected chi connectivity index (χ3v) is 2.52. The predicted octanol–water partition coefficient (Wildman–Crippen LogP) is 3.32. The second-order valence-corrected chi connectivity index (χ2v) is 3.74. The van der Waals surface area contributed by atoms with E-state index in [2.05, 4.69) is 6.92 Å². The van der Waals surface area contributed by atoms with Crippen molar-refractivity contribution < 1.29 is 9.47 Å². The maximum absolute atomic E-state index is 6.06. The lowest BCUT2D eigenvalue weighted by Crippen LogP contribution is -2.10. The number of rotatable bonds is 6. The van der Waals surface area contributed by atoms with Crippen molar-refractivity contribution in [2.75, 3.05) is 13.7 Å². The smallest absolute Gasteiger partial charge is 0.161 e. The molecule has 1 aromatic rings. The molecule has 0 aromatic heterocycles. The molecule has 4 heteroatoms. The Morgan fingerprint density at radius 2 is 1.94 bits per heavy atom. The summed E-state index contributed by atoms with van der Waals surface area (Å²) in [5.41, 5.74) is 7.16. The second kappa shape index (κ2) is 8.20. The minimum Gasteiger partial charge on any atom is -0.493 e. The van der Waals surface area contributed by atoms with Crippen molar-refractivity contribution >= 4 is 12.4 Å². The molecule has 1 aromatic carbocycles. The van der Waals surface area contributed by atoms with Crippen LogP contribution < -0.4 is 15.2 Å². The van der Waals surface area contributed by atoms with Gasteiger partial charge in [0.05, 0.1) is 13.7 Å². The molecule has 2 N–H and O–H groups in total. The molecule has 17 heavy (non-hydrogen) atoms. The van der Waals surface area contributed by atoms with Crippen molar-refractivity contribution in [1.29, 1.82) is 0 Å². The fourth-order valence-electron chi connectivity index (χ4n) is 1.67. The maximum Gasteiger partial charge on any atom is 0.161 e. The van der Waals surface area contributed by atoms with Gasteiger partial charge in [0.2, 0.25) is 0 Å². The van der Waals surface area contributed by atoms with E-state index in [1.54, 1.807) is 7.11 Å². The normalized spacial score (nSPS) is 11.5. The highest BCUT2D eigenvalue weighted by atomic mass is 35.5. The Bertz CT molecular complexity index is 331. The van der Waals surface area contributed by atoms with E-state index in [1.807, 2.05) is 25.1 Å². The van der Waals surface area contributed by atoms with E-state index in [0.717, 1.165) is 29.9 Å². The zero-order valence-electron chi connectivity index (χ0n) is 10.7. The first-order valence-corrected chi connectivity index (χ1v) is 5.79. The first kappa shape index (κ1) is 16.1. The average molecular weight is 260 g/mol. The van der Waals surface area contributed by atoms with E-state index in [1.165, 1.54) is 0 Å². The summed E-state index contributed by atoms with van der Waals surface area (Å²) in [6.07, 6.45) is 2.06. The zero-order valence-corrected chi connectivity index (χ0v) is 11.5. The first-order chi connectivity index (χ1) is 7.72. The molecule has 0 aliphatic rings. The SMILES string of the molecule is CCC[C@@H](N)c1ccc(OCC)c(OC)c1.Cl. The summed E-state index contributed by atoms with van der Waals surface area (Å²) < 4.78 is 10.7. The molecule has 0 fully saturated rings. The van der Waals surface area contributed by atoms with Crippen LogP contribution in [-0.4, -0.2) is 13.7 Å². The topological polar surface area (TPSA) is 44.5 Å². The van der Waals surface area contributed by atoms with E-state index in [4.69, 9.17) is 15.2 Å². The minimum atomic E-state index is 0. The molecule has 98 valence electrons. The molecule has 0 spiro atoms. The monoisotopic (exact) mass is 259 g/mol. The molecular formula is C13H22ClNO2. The summed E-state index contributed by atoms with van der Waals surface area (Å²) in [6.45, 7) is 4.72. The van der Waals surface area contributed by atoms with E-state index in [0.29, 0.717) is 6.61 Å². The summed E-state index contributed by atoms with van der Waals surface area (Å²) in [5.74, 6) is 1.53. The highest BCUT2D eigenvalue weighted by Crippen LogP contribution is 2.30. The van der Waals surface area contributed by atoms with Gasteiger partial charge in [-0.3, -0.25) is 0 Å². The Labute approximate surface area is 110 Å². The summed E-state index contributed by atoms with van der Waals surface area (Å²) in [4.78, 5) is 0. The van der Waals surface area contributed by atoms with Gasteiger partial charge in [0.25, 0.3) is 0 Å². The van der Waals surface area contributed by atoms with Crippen LogP contribution in [0.25, 0.3) is 0 Å². The quantitative estimate of drug-likeness (QED) is 0.852. The molecule has 1 atom stereocenters. The number of halogens is 1. The fraction of sp³-hybridized carbons (Fsp3) is 0.538. The molecule has 0 amide bonds. The summed E-state index contributed by atoms with van der Waals surface area (Å²) in [6, 6.07) is 5.97. The van der Waals surface area contributed by atoms with Crippen LogP contribution in [-0.2, 0) is 0 Å². The molecule has 1 rings (SSSR count). The molecule has 0 radical (unpaired) electrons. The molecule has 0 heterocycles. The number of hydrogen-bond donors (Lipinski definition) is 1. The molecule has 0 bridgehead atoms. The van der Waals surface area contributed by atoms with E-state index < -0.39 is 0 Å². The van der Waals surface area contributed by atoms with Gasteiger partial charge in [-0.1, -0.05) is 19.4 Å². The molecule has 0 aliphatic heterocycles. The van der Waals surface area contributed by atoms with Crippen LogP contribution >= 0.6 is 12.4 Å². The Kier molecular flexibility index (Phi) is 7.75. The van der Waals surface area contributed by atoms with Gasteiger partial charge in [-0.2, -0.15) is 0 Å². The molecular weight excluding hydrogens is 238 g/mol. The highest BCUT2D eigenvalue weighted by Gasteiger charge is 2.09. The lowest BCUT2D eigenvalue weighted by Gasteiger charge is -2.14. The largest absolute Gasteiger partial charge is 0.493 e. The van der Waals surface area contributed by atoms with E-state index >= 15 is 0 Å². The maximum atomic E-state index is 6.06. The van der Waals surface area contributed by atoms with Crippen molar-refractivity contribution in [2.24, 2.45) is 5.73 Å². The van der Waals surface area contributed by atoms with Gasteiger partial charge in [-0.25, -0.2) is 0 Å². The molecule has 0 saturated carbocycles. The van der Waals surface area contributed by atoms with Gasteiger partial charge < -0.3 is 15.2 Å². The van der Waals surface area contributed by atoms with Crippen LogP contribution in [0.15, 0.2) is 18.2 Å². The summed E-state index contributed by atoms with van der Waals surface area (Å²) in [5, 5.41) is 0. The van der Waals surface area contributed by atoms with Gasteiger partial charge in [-0.15, -0.1) is 12.4 Å². The van der Waals surface area contributed by atoms with Crippen LogP contribution in [0.3, 0.4) is 0 Å². The van der Waals surface area contributed by atoms with Gasteiger partial charge in [0.15, 0.2) is 11.5 Å². The van der Waals surface area contributed by atoms with Crippen LogP contribution in [0.4, 0.5) is 0 Å². The Morgan fingerprint density at radius 3 is 2.47 bits per heavy atom. The van der Waals surface area contributed by atoms with Crippen LogP contribution in [0.5, 0.6) is 11.5 Å². The summed E-state index contributed by atoms with van der Waals surface area (Å²) in [7, 11) is 1.65. The van der Waals surface area contributed by atoms with Crippen LogP contribution in [0.2, 0.25) is 0 Å². The average Bonchev–Trinajstić information content (AvgIpc) is 2.30. The number of methoxy groups -OCH3 is 1. The minimum absolute atomic E-state index is 0. The second-order valence-electron chi connectivity index (χ2n) is 3.74. The van der Waals surface area contributed by atoms with Crippen LogP contribution in [0, 0.1) is 0 Å². The Morgan fingerprint density at radius 1 is 1.24 bits per heavy atom. The van der Waals surface area contributed by atoms with Crippen molar-refractivity contribution in [3.05, 3.63) is 23.8 Å². The van der Waals surface area contributed by atoms with Crippen molar-refractivity contribution in [1.82, 2.24) is 0 Å². The number of benzene rings is 1. The zero-order chi connectivity index (χ0) is 12.0. The Hall–Kier alpha value is -0.930.